The van der Waals surface area contributed by atoms with Gasteiger partial charge in [-0.3, -0.25) is 18.8 Å². The van der Waals surface area contributed by atoms with E-state index in [0.29, 0.717) is 9.86 Å². The summed E-state index contributed by atoms with van der Waals surface area (Å²) < 4.78 is 37.8. The Bertz CT molecular complexity index is 843. The van der Waals surface area contributed by atoms with Gasteiger partial charge in [0.15, 0.2) is 4.96 Å². The number of aromatic nitrogens is 2. The van der Waals surface area contributed by atoms with Crippen molar-refractivity contribution >= 4 is 28.1 Å². The summed E-state index contributed by atoms with van der Waals surface area (Å²) in [6, 6.07) is 0. The largest absolute Gasteiger partial charge is 0.406 e. The topological polar surface area (TPSA) is 83.8 Å². The lowest BCUT2D eigenvalue weighted by atomic mass is 10.3. The van der Waals surface area contributed by atoms with Crippen LogP contribution in [0.25, 0.3) is 4.96 Å². The first kappa shape index (κ1) is 17.9. The van der Waals surface area contributed by atoms with Crippen LogP contribution in [0, 0.1) is 6.92 Å². The molecule has 0 spiro atoms. The molecule has 0 fully saturated rings. The Labute approximate surface area is 137 Å². The lowest BCUT2D eigenvalue weighted by Gasteiger charge is -2.18. The van der Waals surface area contributed by atoms with E-state index in [1.165, 1.54) is 21.9 Å². The van der Waals surface area contributed by atoms with Crippen molar-refractivity contribution in [2.45, 2.75) is 13.1 Å². The fraction of sp³-hybridized carbons (Fsp3) is 0.385. The summed E-state index contributed by atoms with van der Waals surface area (Å²) in [5.41, 5.74) is -0.908. The van der Waals surface area contributed by atoms with Crippen molar-refractivity contribution in [2.75, 3.05) is 20.1 Å². The first-order valence-electron chi connectivity index (χ1n) is 6.65. The monoisotopic (exact) mass is 362 g/mol. The van der Waals surface area contributed by atoms with Gasteiger partial charge in [0.05, 0.1) is 6.54 Å². The van der Waals surface area contributed by atoms with E-state index < -0.39 is 36.6 Å². The number of halogens is 3. The highest BCUT2D eigenvalue weighted by Crippen LogP contribution is 2.15. The number of amides is 2. The number of carbonyl (C=O) groups is 2. The summed E-state index contributed by atoms with van der Waals surface area (Å²) >= 11 is 1.27. The molecule has 2 heterocycles. The lowest BCUT2D eigenvalue weighted by molar-refractivity contribution is -0.157. The van der Waals surface area contributed by atoms with Crippen LogP contribution in [-0.2, 0) is 4.79 Å². The van der Waals surface area contributed by atoms with Gasteiger partial charge in [0.2, 0.25) is 5.91 Å². The summed E-state index contributed by atoms with van der Waals surface area (Å²) in [5.74, 6) is -1.80. The van der Waals surface area contributed by atoms with E-state index in [2.05, 4.69) is 10.3 Å². The van der Waals surface area contributed by atoms with E-state index in [9.17, 15) is 27.6 Å². The molecule has 0 aromatic carbocycles. The van der Waals surface area contributed by atoms with Crippen LogP contribution in [0.1, 0.15) is 15.2 Å². The third-order valence-corrected chi connectivity index (χ3v) is 3.92. The third kappa shape index (κ3) is 4.10. The van der Waals surface area contributed by atoms with E-state index in [0.717, 1.165) is 18.1 Å². The number of thiazole rings is 1. The van der Waals surface area contributed by atoms with Crippen molar-refractivity contribution in [1.82, 2.24) is 19.6 Å². The second-order valence-electron chi connectivity index (χ2n) is 5.02. The molecule has 7 nitrogen and oxygen atoms in total. The molecular formula is C13H13F3N4O3S. The minimum Gasteiger partial charge on any atom is -0.343 e. The molecule has 2 amide bonds. The van der Waals surface area contributed by atoms with Crippen LogP contribution in [-0.4, -0.2) is 52.4 Å². The zero-order chi connectivity index (χ0) is 18.1. The normalized spacial score (nSPS) is 11.5. The number of fused-ring (bicyclic) bond motifs is 1. The van der Waals surface area contributed by atoms with Gasteiger partial charge in [-0.15, -0.1) is 11.3 Å². The van der Waals surface area contributed by atoms with Gasteiger partial charge in [-0.2, -0.15) is 13.2 Å². The average Bonchev–Trinajstić information content (AvgIpc) is 2.84. The first-order valence-corrected chi connectivity index (χ1v) is 7.47. The number of alkyl halides is 3. The lowest BCUT2D eigenvalue weighted by Crippen LogP contribution is -2.43. The number of nitrogens with zero attached hydrogens (tertiary/aromatic N) is 3. The Balaban J connectivity index is 2.06. The average molecular weight is 362 g/mol. The minimum atomic E-state index is -4.53. The zero-order valence-corrected chi connectivity index (χ0v) is 13.5. The van der Waals surface area contributed by atoms with Crippen molar-refractivity contribution in [3.63, 3.8) is 0 Å². The summed E-state index contributed by atoms with van der Waals surface area (Å²) in [5, 5.41) is 2.13. The molecule has 2 aromatic rings. The van der Waals surface area contributed by atoms with Gasteiger partial charge < -0.3 is 10.2 Å². The molecule has 0 saturated heterocycles. The predicted octanol–water partition coefficient (Wildman–Crippen LogP) is 0.815. The second-order valence-corrected chi connectivity index (χ2v) is 6.23. The molecule has 24 heavy (non-hydrogen) atoms. The maximum Gasteiger partial charge on any atom is 0.406 e. The van der Waals surface area contributed by atoms with Gasteiger partial charge in [-0.25, -0.2) is 4.98 Å². The van der Waals surface area contributed by atoms with E-state index in [1.807, 2.05) is 0 Å². The molecule has 0 radical (unpaired) electrons. The molecular weight excluding hydrogens is 349 g/mol. The molecule has 0 aliphatic rings. The molecule has 1 N–H and O–H groups in total. The predicted molar refractivity (Wildman–Crippen MR) is 80.1 cm³/mol. The molecule has 2 aromatic heterocycles. The Morgan fingerprint density at radius 1 is 1.42 bits per heavy atom. The number of hydrogen-bond donors (Lipinski definition) is 1. The maximum atomic E-state index is 12.2. The van der Waals surface area contributed by atoms with Crippen LogP contribution >= 0.6 is 11.3 Å². The summed E-state index contributed by atoms with van der Waals surface area (Å²) in [6.07, 6.45) is -1.93. The van der Waals surface area contributed by atoms with Gasteiger partial charge in [0.25, 0.3) is 11.5 Å². The molecule has 130 valence electrons. The van der Waals surface area contributed by atoms with Gasteiger partial charge in [0, 0.05) is 24.3 Å². The second kappa shape index (κ2) is 6.59. The van der Waals surface area contributed by atoms with E-state index in [4.69, 9.17) is 0 Å². The summed E-state index contributed by atoms with van der Waals surface area (Å²) in [7, 11) is 0.971. The van der Waals surface area contributed by atoms with Crippen molar-refractivity contribution in [2.24, 2.45) is 0 Å². The molecule has 0 saturated carbocycles. The Morgan fingerprint density at radius 3 is 2.71 bits per heavy atom. The van der Waals surface area contributed by atoms with Crippen LogP contribution < -0.4 is 10.9 Å². The zero-order valence-electron chi connectivity index (χ0n) is 12.7. The molecule has 0 aliphatic carbocycles. The van der Waals surface area contributed by atoms with Crippen LogP contribution in [0.15, 0.2) is 17.2 Å². The van der Waals surface area contributed by atoms with Crippen molar-refractivity contribution < 1.29 is 22.8 Å². The highest BCUT2D eigenvalue weighted by atomic mass is 32.1. The standard InChI is InChI=1S/C13H13F3N4O3S/c1-7-5-20-11(23)8(3-18-12(20)24-7)10(22)17-4-9(21)19(2)6-13(14,15)16/h3,5H,4,6H2,1-2H3,(H,17,22). The fourth-order valence-corrected chi connectivity index (χ4v) is 2.68. The molecule has 2 rings (SSSR count). The summed E-state index contributed by atoms with van der Waals surface area (Å²) in [4.78, 5) is 41.4. The first-order chi connectivity index (χ1) is 11.1. The molecule has 11 heteroatoms. The van der Waals surface area contributed by atoms with E-state index >= 15 is 0 Å². The van der Waals surface area contributed by atoms with Gasteiger partial charge >= 0.3 is 6.18 Å². The summed E-state index contributed by atoms with van der Waals surface area (Å²) in [6.45, 7) is -0.310. The number of carbonyl (C=O) groups excluding carboxylic acids is 2. The SMILES string of the molecule is Cc1cn2c(=O)c(C(=O)NCC(=O)N(C)CC(F)(F)F)cnc2s1. The Kier molecular flexibility index (Phi) is 4.92. The van der Waals surface area contributed by atoms with E-state index in [1.54, 1.807) is 6.92 Å². The highest BCUT2D eigenvalue weighted by molar-refractivity contribution is 7.16. The highest BCUT2D eigenvalue weighted by Gasteiger charge is 2.31. The molecule has 0 atom stereocenters. The number of rotatable bonds is 4. The molecule has 0 aliphatic heterocycles. The third-order valence-electron chi connectivity index (χ3n) is 3.01. The van der Waals surface area contributed by atoms with Gasteiger partial charge in [-0.1, -0.05) is 0 Å². The van der Waals surface area contributed by atoms with Crippen LogP contribution in [0.5, 0.6) is 0 Å². The number of likely N-dealkylation sites (N-methyl/N-ethyl adjacent to an activating group) is 1. The van der Waals surface area contributed by atoms with E-state index in [-0.39, 0.29) is 5.56 Å². The maximum absolute atomic E-state index is 12.2. The van der Waals surface area contributed by atoms with Crippen molar-refractivity contribution in [1.29, 1.82) is 0 Å². The number of aryl methyl sites for hydroxylation is 1. The molecule has 0 bridgehead atoms. The van der Waals surface area contributed by atoms with Crippen LogP contribution in [0.3, 0.4) is 0 Å². The van der Waals surface area contributed by atoms with Crippen molar-refractivity contribution in [3.8, 4) is 0 Å². The minimum absolute atomic E-state index is 0.295. The van der Waals surface area contributed by atoms with Crippen LogP contribution in [0.2, 0.25) is 0 Å². The Hall–Kier alpha value is -2.43. The van der Waals surface area contributed by atoms with Gasteiger partial charge in [0.1, 0.15) is 12.1 Å². The number of nitrogens with one attached hydrogen (secondary N) is 1. The molecule has 0 unspecified atom stereocenters. The van der Waals surface area contributed by atoms with Gasteiger partial charge in [-0.05, 0) is 6.92 Å². The van der Waals surface area contributed by atoms with Crippen LogP contribution in [0.4, 0.5) is 13.2 Å². The smallest absolute Gasteiger partial charge is 0.343 e. The fourth-order valence-electron chi connectivity index (χ4n) is 1.89. The quantitative estimate of drug-likeness (QED) is 0.873. The Morgan fingerprint density at radius 2 is 2.08 bits per heavy atom. The van der Waals surface area contributed by atoms with Crippen molar-refractivity contribution in [3.05, 3.63) is 33.2 Å². The number of hydrogen-bond acceptors (Lipinski definition) is 5.